The number of aromatic carboxylic acids is 1. The molecule has 6 N–H and O–H groups in total. The summed E-state index contributed by atoms with van der Waals surface area (Å²) >= 11 is 4.97. The first-order valence-electron chi connectivity index (χ1n) is 5.66. The van der Waals surface area contributed by atoms with Gasteiger partial charge >= 0.3 is 5.97 Å². The first-order valence-corrected chi connectivity index (χ1v) is 6.07. The first kappa shape index (κ1) is 13.8. The molecule has 0 atom stereocenters. The van der Waals surface area contributed by atoms with Crippen LogP contribution in [0.15, 0.2) is 36.4 Å². The molecule has 0 aliphatic heterocycles. The summed E-state index contributed by atoms with van der Waals surface area (Å²) in [7, 11) is 0. The van der Waals surface area contributed by atoms with Gasteiger partial charge in [-0.1, -0.05) is 36.5 Å². The third-order valence-electron chi connectivity index (χ3n) is 2.88. The number of rotatable bonds is 3. The van der Waals surface area contributed by atoms with Crippen molar-refractivity contribution in [3.63, 3.8) is 0 Å². The summed E-state index contributed by atoms with van der Waals surface area (Å²) in [5.74, 6) is -1.61. The number of aromatic hydroxyl groups is 1. The molecule has 0 aromatic heterocycles. The number of nitrogens with two attached hydrogens (primary N) is 2. The fraction of sp³-hybridized carbons (Fsp3) is 0. The molecule has 5 nitrogen and oxygen atoms in total. The Kier molecular flexibility index (Phi) is 3.58. The molecule has 0 radical (unpaired) electrons. The molecular weight excluding hydrogens is 276 g/mol. The predicted octanol–water partition coefficient (Wildman–Crippen LogP) is 1.97. The van der Waals surface area contributed by atoms with Gasteiger partial charge in [-0.25, -0.2) is 4.79 Å². The SMILES string of the molecule is NC(=S)c1ccccc1-c1cc(O)c(C(=O)O)cc1N. The number of nitrogen functional groups attached to an aromatic ring is 1. The lowest BCUT2D eigenvalue weighted by Crippen LogP contribution is -2.11. The molecule has 0 aliphatic carbocycles. The van der Waals surface area contributed by atoms with E-state index >= 15 is 0 Å². The van der Waals surface area contributed by atoms with Crippen LogP contribution in [0.5, 0.6) is 5.75 Å². The molecule has 20 heavy (non-hydrogen) atoms. The Hall–Kier alpha value is -2.60. The van der Waals surface area contributed by atoms with Gasteiger partial charge in [0.15, 0.2) is 0 Å². The summed E-state index contributed by atoms with van der Waals surface area (Å²) < 4.78 is 0. The van der Waals surface area contributed by atoms with Crippen LogP contribution in [0.1, 0.15) is 15.9 Å². The summed E-state index contributed by atoms with van der Waals surface area (Å²) in [6.07, 6.45) is 0. The van der Waals surface area contributed by atoms with Crippen LogP contribution in [0.25, 0.3) is 11.1 Å². The molecule has 0 spiro atoms. The highest BCUT2D eigenvalue weighted by Gasteiger charge is 2.16. The van der Waals surface area contributed by atoms with Gasteiger partial charge < -0.3 is 21.7 Å². The van der Waals surface area contributed by atoms with Crippen LogP contribution in [0.4, 0.5) is 5.69 Å². The third-order valence-corrected chi connectivity index (χ3v) is 3.10. The van der Waals surface area contributed by atoms with Gasteiger partial charge in [-0.2, -0.15) is 0 Å². The van der Waals surface area contributed by atoms with E-state index in [2.05, 4.69) is 0 Å². The second-order valence-electron chi connectivity index (χ2n) is 4.17. The summed E-state index contributed by atoms with van der Waals surface area (Å²) in [5.41, 5.74) is 13.2. The molecule has 0 amide bonds. The Morgan fingerprint density at radius 3 is 2.35 bits per heavy atom. The van der Waals surface area contributed by atoms with Gasteiger partial charge in [0.05, 0.1) is 0 Å². The van der Waals surface area contributed by atoms with Crippen LogP contribution >= 0.6 is 12.2 Å². The van der Waals surface area contributed by atoms with Crippen LogP contribution in [-0.4, -0.2) is 21.2 Å². The zero-order valence-corrected chi connectivity index (χ0v) is 11.1. The molecule has 0 fully saturated rings. The van der Waals surface area contributed by atoms with Crippen molar-refractivity contribution < 1.29 is 15.0 Å². The molecule has 0 aliphatic rings. The fourth-order valence-corrected chi connectivity index (χ4v) is 2.12. The van der Waals surface area contributed by atoms with Crippen molar-refractivity contribution in [1.29, 1.82) is 0 Å². The highest BCUT2D eigenvalue weighted by atomic mass is 32.1. The van der Waals surface area contributed by atoms with Crippen molar-refractivity contribution in [2.75, 3.05) is 5.73 Å². The number of phenols is 1. The Morgan fingerprint density at radius 2 is 1.75 bits per heavy atom. The second-order valence-corrected chi connectivity index (χ2v) is 4.61. The minimum absolute atomic E-state index is 0.196. The Morgan fingerprint density at radius 1 is 1.10 bits per heavy atom. The van der Waals surface area contributed by atoms with Crippen molar-refractivity contribution in [2.45, 2.75) is 0 Å². The van der Waals surface area contributed by atoms with Crippen molar-refractivity contribution in [2.24, 2.45) is 5.73 Å². The molecule has 0 saturated heterocycles. The number of hydrogen-bond acceptors (Lipinski definition) is 4. The normalized spacial score (nSPS) is 10.2. The van der Waals surface area contributed by atoms with Gasteiger partial charge in [-0.15, -0.1) is 0 Å². The van der Waals surface area contributed by atoms with Crippen molar-refractivity contribution in [1.82, 2.24) is 0 Å². The number of carboxylic acid groups (broad SMARTS) is 1. The molecule has 0 bridgehead atoms. The number of carboxylic acids is 1. The summed E-state index contributed by atoms with van der Waals surface area (Å²) in [4.78, 5) is 11.1. The van der Waals surface area contributed by atoms with E-state index in [0.717, 1.165) is 0 Å². The van der Waals surface area contributed by atoms with E-state index < -0.39 is 5.97 Å². The van der Waals surface area contributed by atoms with Crippen molar-refractivity contribution in [3.05, 3.63) is 47.5 Å². The average Bonchev–Trinajstić information content (AvgIpc) is 2.40. The highest BCUT2D eigenvalue weighted by Crippen LogP contribution is 2.34. The number of thiocarbonyl (C=S) groups is 1. The van der Waals surface area contributed by atoms with Gasteiger partial charge in [0.1, 0.15) is 16.3 Å². The topological polar surface area (TPSA) is 110 Å². The van der Waals surface area contributed by atoms with E-state index in [1.807, 2.05) is 0 Å². The van der Waals surface area contributed by atoms with E-state index in [4.69, 9.17) is 28.8 Å². The van der Waals surface area contributed by atoms with Crippen LogP contribution in [0.3, 0.4) is 0 Å². The number of hydrogen-bond donors (Lipinski definition) is 4. The number of benzene rings is 2. The maximum atomic E-state index is 10.9. The predicted molar refractivity (Wildman–Crippen MR) is 80.8 cm³/mol. The molecule has 2 aromatic carbocycles. The van der Waals surface area contributed by atoms with E-state index in [1.165, 1.54) is 12.1 Å². The van der Waals surface area contributed by atoms with Gasteiger partial charge in [0, 0.05) is 16.8 Å². The maximum Gasteiger partial charge on any atom is 0.339 e. The molecule has 0 heterocycles. The summed E-state index contributed by atoms with van der Waals surface area (Å²) in [6, 6.07) is 9.55. The van der Waals surface area contributed by atoms with E-state index in [0.29, 0.717) is 16.7 Å². The average molecular weight is 288 g/mol. The third kappa shape index (κ3) is 2.41. The Balaban J connectivity index is 2.69. The molecule has 0 saturated carbocycles. The van der Waals surface area contributed by atoms with Crippen LogP contribution in [-0.2, 0) is 0 Å². The monoisotopic (exact) mass is 288 g/mol. The largest absolute Gasteiger partial charge is 0.507 e. The lowest BCUT2D eigenvalue weighted by atomic mass is 9.96. The van der Waals surface area contributed by atoms with E-state index in [1.54, 1.807) is 24.3 Å². The molecule has 0 unspecified atom stereocenters. The minimum Gasteiger partial charge on any atom is -0.507 e. The summed E-state index contributed by atoms with van der Waals surface area (Å²) in [5, 5.41) is 18.7. The second kappa shape index (κ2) is 5.18. The van der Waals surface area contributed by atoms with Crippen LogP contribution < -0.4 is 11.5 Å². The quantitative estimate of drug-likeness (QED) is 0.390. The van der Waals surface area contributed by atoms with Crippen molar-refractivity contribution in [3.8, 4) is 16.9 Å². The van der Waals surface area contributed by atoms with Crippen LogP contribution in [0, 0.1) is 0 Å². The van der Waals surface area contributed by atoms with Crippen molar-refractivity contribution >= 4 is 28.9 Å². The zero-order valence-electron chi connectivity index (χ0n) is 10.3. The molecule has 102 valence electrons. The van der Waals surface area contributed by atoms with E-state index in [9.17, 15) is 9.90 Å². The van der Waals surface area contributed by atoms with Crippen LogP contribution in [0.2, 0.25) is 0 Å². The summed E-state index contributed by atoms with van der Waals surface area (Å²) in [6.45, 7) is 0. The number of anilines is 1. The maximum absolute atomic E-state index is 10.9. The zero-order chi connectivity index (χ0) is 14.9. The lowest BCUT2D eigenvalue weighted by Gasteiger charge is -2.12. The standard InChI is InChI=1S/C14H12N2O3S/c15-11-5-10(14(18)19)12(17)6-9(11)7-3-1-2-4-8(7)13(16)20/h1-6,17H,15H2,(H2,16,20)(H,18,19). The molecular formula is C14H12N2O3S. The van der Waals surface area contributed by atoms with Gasteiger partial charge in [0.25, 0.3) is 0 Å². The fourth-order valence-electron chi connectivity index (χ4n) is 1.94. The smallest absolute Gasteiger partial charge is 0.339 e. The van der Waals surface area contributed by atoms with Gasteiger partial charge in [-0.3, -0.25) is 0 Å². The van der Waals surface area contributed by atoms with Gasteiger partial charge in [-0.05, 0) is 17.7 Å². The molecule has 2 aromatic rings. The Bertz CT molecular complexity index is 714. The van der Waals surface area contributed by atoms with E-state index in [-0.39, 0.29) is 22.0 Å². The Labute approximate surface area is 120 Å². The molecule has 2 rings (SSSR count). The molecule has 6 heteroatoms. The van der Waals surface area contributed by atoms with Gasteiger partial charge in [0.2, 0.25) is 0 Å². The lowest BCUT2D eigenvalue weighted by molar-refractivity contribution is 0.0694. The first-order chi connectivity index (χ1) is 9.41. The highest BCUT2D eigenvalue weighted by molar-refractivity contribution is 7.80. The number of carbonyl (C=O) groups is 1. The minimum atomic E-state index is -1.25.